The summed E-state index contributed by atoms with van der Waals surface area (Å²) in [6, 6.07) is 0. The van der Waals surface area contributed by atoms with Crippen LogP contribution in [0.15, 0.2) is 0 Å². The summed E-state index contributed by atoms with van der Waals surface area (Å²) in [4.78, 5) is 15.3. The second-order valence-electron chi connectivity index (χ2n) is 0.785. The molecule has 0 aliphatic heterocycles. The van der Waals surface area contributed by atoms with Gasteiger partial charge in [-0.3, -0.25) is 0 Å². The van der Waals surface area contributed by atoms with Crippen molar-refractivity contribution in [3.63, 3.8) is 0 Å². The third kappa shape index (κ3) is 12.6. The van der Waals surface area contributed by atoms with Crippen LogP contribution in [0.2, 0.25) is 0 Å². The van der Waals surface area contributed by atoms with Gasteiger partial charge in [-0.25, -0.2) is 0 Å². The molecule has 0 saturated carbocycles. The molecule has 0 aliphatic rings. The Morgan fingerprint density at radius 2 is 1.89 bits per heavy atom. The van der Waals surface area contributed by atoms with Crippen LogP contribution in [0.1, 0.15) is 0 Å². The van der Waals surface area contributed by atoms with Crippen molar-refractivity contribution in [1.29, 1.82) is 0 Å². The van der Waals surface area contributed by atoms with Crippen LogP contribution in [0.5, 0.6) is 0 Å². The molecular weight excluding hydrogens is 204 g/mol. The van der Waals surface area contributed by atoms with E-state index in [1.165, 1.54) is 0 Å². The van der Waals surface area contributed by atoms with Gasteiger partial charge in [-0.1, -0.05) is 0 Å². The van der Waals surface area contributed by atoms with Crippen molar-refractivity contribution in [2.75, 3.05) is 0 Å². The summed E-state index contributed by atoms with van der Waals surface area (Å²) in [6.45, 7) is 0. The van der Waals surface area contributed by atoms with Crippen LogP contribution >= 0.6 is 7.82 Å². The average molecular weight is 207 g/mol. The zero-order valence-electron chi connectivity index (χ0n) is 3.39. The monoisotopic (exact) mass is 207 g/mol. The minimum atomic E-state index is -4.84. The van der Waals surface area contributed by atoms with Gasteiger partial charge in [-0.05, 0) is 0 Å². The third-order valence-corrected chi connectivity index (χ3v) is 2.11. The van der Waals surface area contributed by atoms with Crippen molar-refractivity contribution >= 4 is 37.4 Å². The Morgan fingerprint density at radius 3 is 1.89 bits per heavy atom. The molecule has 0 aliphatic carbocycles. The Labute approximate surface area is 77.8 Å². The van der Waals surface area contributed by atoms with Gasteiger partial charge in [-0.2, -0.15) is 0 Å². The van der Waals surface area contributed by atoms with Crippen LogP contribution in [-0.2, 0) is 27.6 Å². The van der Waals surface area contributed by atoms with E-state index in [1.54, 1.807) is 0 Å². The first-order chi connectivity index (χ1) is 3.42. The van der Waals surface area contributed by atoms with Gasteiger partial charge < -0.3 is 0 Å². The minimum absolute atomic E-state index is 0. The molecule has 0 aromatic heterocycles. The number of hydrogen-bond acceptors (Lipinski definition) is 3. The van der Waals surface area contributed by atoms with Crippen molar-refractivity contribution in [3.05, 3.63) is 0 Å². The predicted molar refractivity (Wildman–Crippen MR) is 22.1 cm³/mol. The van der Waals surface area contributed by atoms with Crippen molar-refractivity contribution < 1.29 is 40.8 Å². The average Bonchev–Trinajstić information content (AvgIpc) is 1.21. The van der Waals surface area contributed by atoms with E-state index in [-0.39, 0.29) is 29.6 Å². The summed E-state index contributed by atoms with van der Waals surface area (Å²) in [7, 11) is -4.84. The van der Waals surface area contributed by atoms with Crippen molar-refractivity contribution in [2.45, 2.75) is 0 Å². The topological polar surface area (TPSA) is 83.8 Å². The van der Waals surface area contributed by atoms with E-state index >= 15 is 0 Å². The Bertz CT molecular complexity index is 140. The van der Waals surface area contributed by atoms with E-state index in [9.17, 15) is 11.6 Å². The number of rotatable bonds is 2. The molecule has 0 bridgehead atoms. The van der Waals surface area contributed by atoms with E-state index < -0.39 is 23.8 Å². The molecule has 0 amide bonds. The van der Waals surface area contributed by atoms with E-state index in [2.05, 4.69) is 3.45 Å². The van der Waals surface area contributed by atoms with Crippen LogP contribution < -0.4 is 0 Å². The molecule has 2 N–H and O–H groups in total. The molecule has 0 radical (unpaired) electrons. The fourth-order valence-corrected chi connectivity index (χ4v) is 1.03. The SMILES string of the molecule is [NaH].[O]=[V]([F])[O]P(=O)(O)O. The standard InChI is InChI=1S/FH.Na.H3O4P.O.V.H/c;;1-5(2,3)4;;;/h1H;;(H3,1,2,3,4);;;/q;;;;+2;/p-2. The van der Waals surface area contributed by atoms with Gasteiger partial charge in [-0.15, -0.1) is 0 Å². The number of phosphoric acid groups is 1. The van der Waals surface area contributed by atoms with E-state index in [0.717, 1.165) is 0 Å². The van der Waals surface area contributed by atoms with Gasteiger partial charge in [0.15, 0.2) is 0 Å². The summed E-state index contributed by atoms with van der Waals surface area (Å²) in [5.74, 6) is 0. The van der Waals surface area contributed by atoms with Gasteiger partial charge in [0.2, 0.25) is 0 Å². The summed E-state index contributed by atoms with van der Waals surface area (Å²) >= 11 is -4.37. The molecule has 5 nitrogen and oxygen atoms in total. The van der Waals surface area contributed by atoms with Crippen molar-refractivity contribution in [2.24, 2.45) is 0 Å². The Balaban J connectivity index is 0. The second kappa shape index (κ2) is 5.12. The maximum atomic E-state index is 11.1. The first-order valence-electron chi connectivity index (χ1n) is 1.30. The molecule has 0 aromatic rings. The summed E-state index contributed by atoms with van der Waals surface area (Å²) in [5, 5.41) is 0. The molecule has 0 unspecified atom stereocenters. The summed E-state index contributed by atoms with van der Waals surface area (Å²) in [6.07, 6.45) is 0. The fourth-order valence-electron chi connectivity index (χ4n) is 0.0836. The molecule has 0 fully saturated rings. The van der Waals surface area contributed by atoms with Crippen LogP contribution in [0, 0.1) is 0 Å². The quantitative estimate of drug-likeness (QED) is 0.457. The van der Waals surface area contributed by atoms with Crippen LogP contribution in [0.4, 0.5) is 3.41 Å². The van der Waals surface area contributed by atoms with Crippen LogP contribution in [0.25, 0.3) is 0 Å². The molecule has 0 spiro atoms. The normalized spacial score (nSPS) is 10.1. The predicted octanol–water partition coefficient (Wildman–Crippen LogP) is -0.790. The first kappa shape index (κ1) is 13.0. The second-order valence-corrected chi connectivity index (χ2v) is 3.36. The molecule has 51 valence electrons. The van der Waals surface area contributed by atoms with Gasteiger partial charge in [0, 0.05) is 0 Å². The van der Waals surface area contributed by atoms with Gasteiger partial charge in [0.25, 0.3) is 0 Å². The Morgan fingerprint density at radius 1 is 1.56 bits per heavy atom. The zero-order chi connectivity index (χ0) is 6.78. The summed E-state index contributed by atoms with van der Waals surface area (Å²) < 4.78 is 32.9. The van der Waals surface area contributed by atoms with E-state index in [1.807, 2.05) is 0 Å². The molecular formula is H3FNaO5PV. The fraction of sp³-hybridized carbons (Fsp3) is 0. The molecule has 0 saturated heterocycles. The third-order valence-electron chi connectivity index (χ3n) is 0.171. The van der Waals surface area contributed by atoms with Crippen LogP contribution in [-0.4, -0.2) is 39.3 Å². The zero-order valence-corrected chi connectivity index (χ0v) is 5.68. The molecule has 9 heteroatoms. The van der Waals surface area contributed by atoms with Crippen molar-refractivity contribution in [1.82, 2.24) is 0 Å². The Hall–Kier alpha value is 1.42. The maximum absolute atomic E-state index is 11.1. The number of hydrogen-bond donors (Lipinski definition) is 2. The number of halogens is 1. The molecule has 0 aromatic carbocycles. The van der Waals surface area contributed by atoms with Gasteiger partial charge in [0.1, 0.15) is 0 Å². The van der Waals surface area contributed by atoms with Crippen molar-refractivity contribution in [3.8, 4) is 0 Å². The van der Waals surface area contributed by atoms with E-state index in [0.29, 0.717) is 0 Å². The molecule has 0 rings (SSSR count). The van der Waals surface area contributed by atoms with Gasteiger partial charge >= 0.3 is 78.2 Å². The van der Waals surface area contributed by atoms with Crippen LogP contribution in [0.3, 0.4) is 0 Å². The first-order valence-corrected chi connectivity index (χ1v) is 4.50. The molecule has 9 heavy (non-hydrogen) atoms. The summed E-state index contributed by atoms with van der Waals surface area (Å²) in [5.41, 5.74) is 0. The van der Waals surface area contributed by atoms with Gasteiger partial charge in [0.05, 0.1) is 0 Å². The molecule has 0 heterocycles. The molecule has 0 atom stereocenters. The Kier molecular flexibility index (Phi) is 7.43. The van der Waals surface area contributed by atoms with E-state index in [4.69, 9.17) is 9.79 Å².